The topological polar surface area (TPSA) is 35.8 Å². The van der Waals surface area contributed by atoms with Gasteiger partial charge >= 0.3 is 0 Å². The van der Waals surface area contributed by atoms with Gasteiger partial charge in [-0.3, -0.25) is 0 Å². The maximum Gasteiger partial charge on any atom is 0.101 e. The molecule has 2 nitrogen and oxygen atoms in total. The smallest absolute Gasteiger partial charge is 0.101 e. The third-order valence-electron chi connectivity index (χ3n) is 3.57. The number of halogens is 1. The Bertz CT molecular complexity index is 442. The van der Waals surface area contributed by atoms with E-state index in [1.807, 2.05) is 12.1 Å². The molecule has 0 aliphatic heterocycles. The van der Waals surface area contributed by atoms with Crippen LogP contribution in [-0.4, -0.2) is 6.04 Å². The molecule has 90 valence electrons. The molecule has 0 unspecified atom stereocenters. The number of nitriles is 1. The molecular formula is C14H17ClN2. The van der Waals surface area contributed by atoms with Crippen LogP contribution in [0.15, 0.2) is 18.2 Å². The summed E-state index contributed by atoms with van der Waals surface area (Å²) in [5.41, 5.74) is 1.54. The van der Waals surface area contributed by atoms with E-state index in [0.29, 0.717) is 16.6 Å². The predicted octanol–water partition coefficient (Wildman–Crippen LogP) is 4.06. The van der Waals surface area contributed by atoms with Crippen molar-refractivity contribution in [1.82, 2.24) is 0 Å². The molecule has 1 saturated carbocycles. The van der Waals surface area contributed by atoms with E-state index in [-0.39, 0.29) is 0 Å². The molecular weight excluding hydrogens is 232 g/mol. The van der Waals surface area contributed by atoms with Gasteiger partial charge in [0.1, 0.15) is 6.07 Å². The fourth-order valence-electron chi connectivity index (χ4n) is 2.26. The van der Waals surface area contributed by atoms with Gasteiger partial charge in [0.2, 0.25) is 0 Å². The molecule has 0 saturated heterocycles. The summed E-state index contributed by atoms with van der Waals surface area (Å²) in [6.07, 6.45) is 2.45. The van der Waals surface area contributed by atoms with Gasteiger partial charge in [0.25, 0.3) is 0 Å². The normalized spacial score (nSPS) is 23.0. The predicted molar refractivity (Wildman–Crippen MR) is 71.1 cm³/mol. The van der Waals surface area contributed by atoms with Gasteiger partial charge in [-0.15, -0.1) is 0 Å². The molecule has 1 aromatic carbocycles. The van der Waals surface area contributed by atoms with E-state index in [9.17, 15) is 0 Å². The minimum Gasteiger partial charge on any atom is -0.382 e. The third-order valence-corrected chi connectivity index (χ3v) is 3.90. The SMILES string of the molecule is CC(C)C1CC(Nc2ccc(Cl)c(C#N)c2)C1. The van der Waals surface area contributed by atoms with Gasteiger partial charge < -0.3 is 5.32 Å². The zero-order valence-electron chi connectivity index (χ0n) is 10.2. The molecule has 2 rings (SSSR count). The molecule has 0 atom stereocenters. The fraction of sp³-hybridized carbons (Fsp3) is 0.500. The fourth-order valence-corrected chi connectivity index (χ4v) is 2.42. The Morgan fingerprint density at radius 2 is 2.12 bits per heavy atom. The second-order valence-electron chi connectivity index (χ2n) is 5.12. The lowest BCUT2D eigenvalue weighted by Crippen LogP contribution is -2.37. The Labute approximate surface area is 108 Å². The van der Waals surface area contributed by atoms with Crippen LogP contribution in [0, 0.1) is 23.2 Å². The van der Waals surface area contributed by atoms with E-state index in [1.165, 1.54) is 12.8 Å². The molecule has 1 aliphatic rings. The molecule has 3 heteroatoms. The lowest BCUT2D eigenvalue weighted by atomic mass is 9.73. The highest BCUT2D eigenvalue weighted by Crippen LogP contribution is 2.35. The number of nitrogens with one attached hydrogen (secondary N) is 1. The summed E-state index contributed by atoms with van der Waals surface area (Å²) < 4.78 is 0. The van der Waals surface area contributed by atoms with E-state index in [2.05, 4.69) is 25.2 Å². The first kappa shape index (κ1) is 12.3. The summed E-state index contributed by atoms with van der Waals surface area (Å²) in [6, 6.07) is 8.19. The highest BCUT2D eigenvalue weighted by Gasteiger charge is 2.30. The first-order chi connectivity index (χ1) is 8.10. The van der Waals surface area contributed by atoms with Crippen LogP contribution in [0.3, 0.4) is 0 Å². The highest BCUT2D eigenvalue weighted by atomic mass is 35.5. The standard InChI is InChI=1S/C14H17ClN2/c1-9(2)10-5-13(6-10)17-12-3-4-14(15)11(7-12)8-16/h3-4,7,9-10,13,17H,5-6H2,1-2H3. The van der Waals surface area contributed by atoms with Gasteiger partial charge in [0.15, 0.2) is 0 Å². The summed E-state index contributed by atoms with van der Waals surface area (Å²) in [4.78, 5) is 0. The van der Waals surface area contributed by atoms with Crippen LogP contribution in [0.1, 0.15) is 32.3 Å². The maximum atomic E-state index is 8.90. The average molecular weight is 249 g/mol. The highest BCUT2D eigenvalue weighted by molar-refractivity contribution is 6.31. The van der Waals surface area contributed by atoms with Crippen LogP contribution in [0.25, 0.3) is 0 Å². The van der Waals surface area contributed by atoms with Crippen LogP contribution in [-0.2, 0) is 0 Å². The van der Waals surface area contributed by atoms with Gasteiger partial charge in [-0.2, -0.15) is 5.26 Å². The number of anilines is 1. The van der Waals surface area contributed by atoms with Crippen LogP contribution >= 0.6 is 11.6 Å². The average Bonchev–Trinajstić information content (AvgIpc) is 2.24. The van der Waals surface area contributed by atoms with Crippen molar-refractivity contribution >= 4 is 17.3 Å². The summed E-state index contributed by atoms with van der Waals surface area (Å²) in [5, 5.41) is 12.9. The summed E-state index contributed by atoms with van der Waals surface area (Å²) in [6.45, 7) is 4.55. The van der Waals surface area contributed by atoms with Gasteiger partial charge in [-0.05, 0) is 42.9 Å². The summed E-state index contributed by atoms with van der Waals surface area (Å²) in [7, 11) is 0. The lowest BCUT2D eigenvalue weighted by molar-refractivity contribution is 0.212. The summed E-state index contributed by atoms with van der Waals surface area (Å²) in [5.74, 6) is 1.61. The maximum absolute atomic E-state index is 8.90. The number of rotatable bonds is 3. The largest absolute Gasteiger partial charge is 0.382 e. The van der Waals surface area contributed by atoms with E-state index in [1.54, 1.807) is 6.07 Å². The van der Waals surface area contributed by atoms with Crippen molar-refractivity contribution in [1.29, 1.82) is 5.26 Å². The van der Waals surface area contributed by atoms with Crippen molar-refractivity contribution in [3.8, 4) is 6.07 Å². The Kier molecular flexibility index (Phi) is 3.59. The van der Waals surface area contributed by atoms with Crippen LogP contribution in [0.2, 0.25) is 5.02 Å². The first-order valence-corrected chi connectivity index (χ1v) is 6.44. The molecule has 1 N–H and O–H groups in total. The Morgan fingerprint density at radius 1 is 1.41 bits per heavy atom. The minimum atomic E-state index is 0.520. The molecule has 0 radical (unpaired) electrons. The minimum absolute atomic E-state index is 0.520. The van der Waals surface area contributed by atoms with Crippen molar-refractivity contribution in [2.24, 2.45) is 11.8 Å². The first-order valence-electron chi connectivity index (χ1n) is 6.06. The van der Waals surface area contributed by atoms with E-state index < -0.39 is 0 Å². The molecule has 0 aromatic heterocycles. The van der Waals surface area contributed by atoms with Gasteiger partial charge in [-0.25, -0.2) is 0 Å². The number of hydrogen-bond acceptors (Lipinski definition) is 2. The van der Waals surface area contributed by atoms with Crippen molar-refractivity contribution in [2.45, 2.75) is 32.7 Å². The molecule has 0 spiro atoms. The van der Waals surface area contributed by atoms with Crippen LogP contribution in [0.5, 0.6) is 0 Å². The Balaban J connectivity index is 1.95. The van der Waals surface area contributed by atoms with Gasteiger partial charge in [0.05, 0.1) is 10.6 Å². The molecule has 0 bridgehead atoms. The third kappa shape index (κ3) is 2.73. The molecule has 1 aliphatic carbocycles. The Hall–Kier alpha value is -1.20. The van der Waals surface area contributed by atoms with E-state index in [0.717, 1.165) is 17.5 Å². The van der Waals surface area contributed by atoms with Crippen LogP contribution in [0.4, 0.5) is 5.69 Å². The Morgan fingerprint density at radius 3 is 2.71 bits per heavy atom. The lowest BCUT2D eigenvalue weighted by Gasteiger charge is -2.39. The van der Waals surface area contributed by atoms with E-state index in [4.69, 9.17) is 16.9 Å². The van der Waals surface area contributed by atoms with Crippen molar-refractivity contribution in [2.75, 3.05) is 5.32 Å². The zero-order valence-corrected chi connectivity index (χ0v) is 11.0. The van der Waals surface area contributed by atoms with Crippen LogP contribution < -0.4 is 5.32 Å². The summed E-state index contributed by atoms with van der Waals surface area (Å²) >= 11 is 5.90. The quantitative estimate of drug-likeness (QED) is 0.876. The molecule has 1 aromatic rings. The molecule has 1 fully saturated rings. The monoisotopic (exact) mass is 248 g/mol. The van der Waals surface area contributed by atoms with E-state index >= 15 is 0 Å². The van der Waals surface area contributed by atoms with Crippen molar-refractivity contribution in [3.63, 3.8) is 0 Å². The molecule has 17 heavy (non-hydrogen) atoms. The van der Waals surface area contributed by atoms with Gasteiger partial charge in [0, 0.05) is 11.7 Å². The second kappa shape index (κ2) is 4.98. The van der Waals surface area contributed by atoms with Gasteiger partial charge in [-0.1, -0.05) is 25.4 Å². The number of hydrogen-bond donors (Lipinski definition) is 1. The second-order valence-corrected chi connectivity index (χ2v) is 5.53. The number of benzene rings is 1. The van der Waals surface area contributed by atoms with Crippen molar-refractivity contribution < 1.29 is 0 Å². The zero-order chi connectivity index (χ0) is 12.4. The van der Waals surface area contributed by atoms with Crippen molar-refractivity contribution in [3.05, 3.63) is 28.8 Å². The number of nitrogens with zero attached hydrogens (tertiary/aromatic N) is 1. The molecule has 0 heterocycles. The molecule has 0 amide bonds.